The highest BCUT2D eigenvalue weighted by Crippen LogP contribution is 2.33. The van der Waals surface area contributed by atoms with Crippen molar-refractivity contribution in [3.63, 3.8) is 0 Å². The first-order valence-corrected chi connectivity index (χ1v) is 7.53. The van der Waals surface area contributed by atoms with Gasteiger partial charge >= 0.3 is 5.97 Å². The minimum Gasteiger partial charge on any atom is -0.481 e. The smallest absolute Gasteiger partial charge is 0.303 e. The first-order valence-electron chi connectivity index (χ1n) is 6.65. The summed E-state index contributed by atoms with van der Waals surface area (Å²) >= 11 is 1.49. The fourth-order valence-electron chi connectivity index (χ4n) is 2.06. The Bertz CT molecular complexity index is 778. The molecule has 3 aromatic rings. The second kappa shape index (κ2) is 6.11. The number of aryl methyl sites for hydroxylation is 1. The van der Waals surface area contributed by atoms with Crippen LogP contribution in [0.25, 0.3) is 22.1 Å². The maximum absolute atomic E-state index is 13.0. The topological polar surface area (TPSA) is 63.3 Å². The minimum atomic E-state index is -0.886. The molecule has 3 rings (SSSR count). The van der Waals surface area contributed by atoms with Crippen LogP contribution in [0.2, 0.25) is 0 Å². The van der Waals surface area contributed by atoms with E-state index in [0.29, 0.717) is 22.9 Å². The Morgan fingerprint density at radius 2 is 2.05 bits per heavy atom. The molecule has 0 bridgehead atoms. The number of carboxylic acids is 1. The average molecular weight is 317 g/mol. The Balaban J connectivity index is 2.00. The van der Waals surface area contributed by atoms with Crippen LogP contribution in [0.15, 0.2) is 46.2 Å². The van der Waals surface area contributed by atoms with E-state index < -0.39 is 5.97 Å². The van der Waals surface area contributed by atoms with E-state index in [0.717, 1.165) is 4.88 Å². The van der Waals surface area contributed by atoms with E-state index in [9.17, 15) is 9.18 Å². The zero-order valence-corrected chi connectivity index (χ0v) is 12.3. The van der Waals surface area contributed by atoms with E-state index >= 15 is 0 Å². The summed E-state index contributed by atoms with van der Waals surface area (Å²) < 4.78 is 18.8. The molecule has 0 atom stereocenters. The van der Waals surface area contributed by atoms with Gasteiger partial charge in [0.25, 0.3) is 0 Å². The van der Waals surface area contributed by atoms with Crippen LogP contribution in [0.5, 0.6) is 0 Å². The van der Waals surface area contributed by atoms with Crippen molar-refractivity contribution in [1.29, 1.82) is 0 Å². The highest BCUT2D eigenvalue weighted by Gasteiger charge is 2.18. The number of carboxylic acid groups (broad SMARTS) is 1. The van der Waals surface area contributed by atoms with Crippen molar-refractivity contribution in [2.45, 2.75) is 12.8 Å². The lowest BCUT2D eigenvalue weighted by Crippen LogP contribution is -1.98. The molecule has 0 radical (unpaired) electrons. The van der Waals surface area contributed by atoms with Crippen LogP contribution in [0.4, 0.5) is 4.39 Å². The normalized spacial score (nSPS) is 10.8. The van der Waals surface area contributed by atoms with Gasteiger partial charge in [0, 0.05) is 12.0 Å². The number of halogens is 1. The fourth-order valence-corrected chi connectivity index (χ4v) is 2.79. The van der Waals surface area contributed by atoms with E-state index in [1.54, 1.807) is 12.1 Å². The molecule has 0 aliphatic carbocycles. The molecule has 4 nitrogen and oxygen atoms in total. The van der Waals surface area contributed by atoms with Gasteiger partial charge in [0.05, 0.1) is 17.0 Å². The summed E-state index contributed by atoms with van der Waals surface area (Å²) in [7, 11) is 0. The maximum Gasteiger partial charge on any atom is 0.303 e. The summed E-state index contributed by atoms with van der Waals surface area (Å²) in [4.78, 5) is 16.1. The predicted molar refractivity (Wildman–Crippen MR) is 81.2 cm³/mol. The summed E-state index contributed by atoms with van der Waals surface area (Å²) in [5.41, 5.74) is 1.25. The zero-order valence-electron chi connectivity index (χ0n) is 11.5. The average Bonchev–Trinajstić information content (AvgIpc) is 3.15. The number of oxazole rings is 1. The molecule has 0 fully saturated rings. The molecule has 2 heterocycles. The minimum absolute atomic E-state index is 0.0201. The largest absolute Gasteiger partial charge is 0.481 e. The number of aliphatic carboxylic acids is 1. The van der Waals surface area contributed by atoms with Crippen molar-refractivity contribution in [2.75, 3.05) is 0 Å². The van der Waals surface area contributed by atoms with Crippen LogP contribution in [0, 0.1) is 5.82 Å². The Hall–Kier alpha value is -2.47. The molecule has 1 N–H and O–H groups in total. The highest BCUT2D eigenvalue weighted by molar-refractivity contribution is 7.13. The van der Waals surface area contributed by atoms with Gasteiger partial charge in [-0.05, 0) is 35.7 Å². The van der Waals surface area contributed by atoms with E-state index in [2.05, 4.69) is 4.98 Å². The number of thiophene rings is 1. The summed E-state index contributed by atoms with van der Waals surface area (Å²) in [6.07, 6.45) is 0.265. The van der Waals surface area contributed by atoms with Crippen molar-refractivity contribution in [1.82, 2.24) is 4.98 Å². The molecule has 0 saturated carbocycles. The second-order valence-corrected chi connectivity index (χ2v) is 5.62. The van der Waals surface area contributed by atoms with E-state index in [1.165, 1.54) is 23.5 Å². The molecule has 22 heavy (non-hydrogen) atoms. The highest BCUT2D eigenvalue weighted by atomic mass is 32.1. The fraction of sp³-hybridized carbons (Fsp3) is 0.125. The lowest BCUT2D eigenvalue weighted by molar-refractivity contribution is -0.136. The Morgan fingerprint density at radius 3 is 2.68 bits per heavy atom. The van der Waals surface area contributed by atoms with Gasteiger partial charge in [-0.2, -0.15) is 0 Å². The predicted octanol–water partition coefficient (Wildman–Crippen LogP) is 4.23. The molecule has 2 aromatic heterocycles. The van der Waals surface area contributed by atoms with Gasteiger partial charge in [0.2, 0.25) is 5.89 Å². The SMILES string of the molecule is O=C(O)CCc1nc(-c2ccc(F)cc2)oc1-c1cccs1. The molecule has 0 unspecified atom stereocenters. The van der Waals surface area contributed by atoms with Crippen LogP contribution >= 0.6 is 11.3 Å². The molecule has 0 aliphatic rings. The zero-order chi connectivity index (χ0) is 15.5. The van der Waals surface area contributed by atoms with Crippen molar-refractivity contribution in [3.05, 3.63) is 53.3 Å². The summed E-state index contributed by atoms with van der Waals surface area (Å²) in [6.45, 7) is 0. The van der Waals surface area contributed by atoms with Gasteiger partial charge in [-0.3, -0.25) is 4.79 Å². The molecular formula is C16H12FNO3S. The summed E-state index contributed by atoms with van der Waals surface area (Å²) in [6, 6.07) is 9.62. The van der Waals surface area contributed by atoms with E-state index in [4.69, 9.17) is 9.52 Å². The molecule has 112 valence electrons. The van der Waals surface area contributed by atoms with Crippen LogP contribution in [0.1, 0.15) is 12.1 Å². The van der Waals surface area contributed by atoms with Gasteiger partial charge < -0.3 is 9.52 Å². The van der Waals surface area contributed by atoms with E-state index in [-0.39, 0.29) is 18.7 Å². The third-order valence-corrected chi connectivity index (χ3v) is 3.98. The Labute approximate surface area is 129 Å². The van der Waals surface area contributed by atoms with Crippen molar-refractivity contribution >= 4 is 17.3 Å². The summed E-state index contributed by atoms with van der Waals surface area (Å²) in [5.74, 6) is -0.275. The Kier molecular flexibility index (Phi) is 4.02. The monoisotopic (exact) mass is 317 g/mol. The van der Waals surface area contributed by atoms with Crippen molar-refractivity contribution < 1.29 is 18.7 Å². The van der Waals surface area contributed by atoms with Crippen LogP contribution in [-0.2, 0) is 11.2 Å². The first kappa shape index (κ1) is 14.5. The van der Waals surface area contributed by atoms with Crippen molar-refractivity contribution in [3.8, 4) is 22.1 Å². The van der Waals surface area contributed by atoms with Gasteiger partial charge in [-0.25, -0.2) is 9.37 Å². The lowest BCUT2D eigenvalue weighted by atomic mass is 10.2. The number of benzene rings is 1. The van der Waals surface area contributed by atoms with Crippen molar-refractivity contribution in [2.24, 2.45) is 0 Å². The third-order valence-electron chi connectivity index (χ3n) is 3.11. The quantitative estimate of drug-likeness (QED) is 0.765. The maximum atomic E-state index is 13.0. The molecule has 0 aliphatic heterocycles. The van der Waals surface area contributed by atoms with E-state index in [1.807, 2.05) is 17.5 Å². The molecule has 6 heteroatoms. The van der Waals surface area contributed by atoms with Gasteiger partial charge in [-0.15, -0.1) is 11.3 Å². The van der Waals surface area contributed by atoms with Gasteiger partial charge in [0.1, 0.15) is 5.82 Å². The molecule has 0 amide bonds. The standard InChI is InChI=1S/C16H12FNO3S/c17-11-5-3-10(4-6-11)16-18-12(7-8-14(19)20)15(21-16)13-2-1-9-22-13/h1-6,9H,7-8H2,(H,19,20). The van der Waals surface area contributed by atoms with Crippen LogP contribution < -0.4 is 0 Å². The third kappa shape index (κ3) is 3.07. The molecule has 0 saturated heterocycles. The number of hydrogen-bond acceptors (Lipinski definition) is 4. The van der Waals surface area contributed by atoms with Gasteiger partial charge in [0.15, 0.2) is 5.76 Å². The van der Waals surface area contributed by atoms with Crippen LogP contribution in [0.3, 0.4) is 0 Å². The molecule has 1 aromatic carbocycles. The lowest BCUT2D eigenvalue weighted by Gasteiger charge is -1.96. The number of carbonyl (C=O) groups is 1. The number of hydrogen-bond donors (Lipinski definition) is 1. The second-order valence-electron chi connectivity index (χ2n) is 4.67. The number of aromatic nitrogens is 1. The number of nitrogens with zero attached hydrogens (tertiary/aromatic N) is 1. The Morgan fingerprint density at radius 1 is 1.27 bits per heavy atom. The number of rotatable bonds is 5. The van der Waals surface area contributed by atoms with Gasteiger partial charge in [-0.1, -0.05) is 6.07 Å². The molecular weight excluding hydrogens is 305 g/mol. The van der Waals surface area contributed by atoms with Crippen LogP contribution in [-0.4, -0.2) is 16.1 Å². The summed E-state index contributed by atoms with van der Waals surface area (Å²) in [5, 5.41) is 10.8. The molecule has 0 spiro atoms. The first-order chi connectivity index (χ1) is 10.6.